The van der Waals surface area contributed by atoms with Gasteiger partial charge in [0.1, 0.15) is 9.75 Å². The number of hydrogen-bond donors (Lipinski definition) is 4. The zero-order valence-corrected chi connectivity index (χ0v) is 12.8. The molecule has 0 amide bonds. The molecule has 6 nitrogen and oxygen atoms in total. The third kappa shape index (κ3) is 3.29. The minimum atomic E-state index is -3.90. The molecule has 18 heavy (non-hydrogen) atoms. The van der Waals surface area contributed by atoms with Gasteiger partial charge in [-0.3, -0.25) is 0 Å². The van der Waals surface area contributed by atoms with Crippen molar-refractivity contribution in [3.63, 3.8) is 0 Å². The van der Waals surface area contributed by atoms with Crippen LogP contribution in [0.3, 0.4) is 0 Å². The lowest BCUT2D eigenvalue weighted by Crippen LogP contribution is -2.56. The first-order valence-electron chi connectivity index (χ1n) is 4.93. The van der Waals surface area contributed by atoms with Gasteiger partial charge in [0.05, 0.1) is 23.6 Å². The second-order valence-electron chi connectivity index (χ2n) is 3.88. The predicted octanol–water partition coefficient (Wildman–Crippen LogP) is -0.187. The first-order chi connectivity index (χ1) is 8.30. The Balaban J connectivity index is 3.08. The number of aryl methyl sites for hydroxylation is 1. The molecule has 9 heteroatoms. The van der Waals surface area contributed by atoms with E-state index in [9.17, 15) is 8.42 Å². The Labute approximate surface area is 117 Å². The number of sulfonamides is 1. The molecule has 0 aromatic carbocycles. The summed E-state index contributed by atoms with van der Waals surface area (Å²) in [4.78, 5) is 0. The summed E-state index contributed by atoms with van der Waals surface area (Å²) in [6.07, 6.45) is 0. The normalized spacial score (nSPS) is 12.9. The Bertz CT molecular complexity index is 481. The highest BCUT2D eigenvalue weighted by molar-refractivity contribution is 9.11. The lowest BCUT2D eigenvalue weighted by Gasteiger charge is -2.27. The molecule has 1 rings (SSSR count). The lowest BCUT2D eigenvalue weighted by atomic mass is 10.1. The second-order valence-corrected chi connectivity index (χ2v) is 8.16. The van der Waals surface area contributed by atoms with Crippen molar-refractivity contribution in [2.24, 2.45) is 0 Å². The highest BCUT2D eigenvalue weighted by Crippen LogP contribution is 2.30. The molecule has 0 aliphatic heterocycles. The van der Waals surface area contributed by atoms with Crippen molar-refractivity contribution in [3.05, 3.63) is 15.4 Å². The first kappa shape index (κ1) is 16.0. The van der Waals surface area contributed by atoms with Crippen LogP contribution >= 0.6 is 27.3 Å². The van der Waals surface area contributed by atoms with Crippen LogP contribution in [0.25, 0.3) is 0 Å². The molecule has 0 fully saturated rings. The van der Waals surface area contributed by atoms with Crippen molar-refractivity contribution in [2.75, 3.05) is 19.8 Å². The lowest BCUT2D eigenvalue weighted by molar-refractivity contribution is 0.0582. The van der Waals surface area contributed by atoms with E-state index >= 15 is 0 Å². The third-order valence-electron chi connectivity index (χ3n) is 2.36. The fourth-order valence-electron chi connectivity index (χ4n) is 1.15. The van der Waals surface area contributed by atoms with E-state index in [2.05, 4.69) is 20.7 Å². The molecule has 0 bridgehead atoms. The number of aliphatic hydroxyl groups is 3. The minimum absolute atomic E-state index is 0.0478. The van der Waals surface area contributed by atoms with Gasteiger partial charge >= 0.3 is 0 Å². The van der Waals surface area contributed by atoms with Crippen LogP contribution in [0.2, 0.25) is 0 Å². The maximum absolute atomic E-state index is 12.0. The largest absolute Gasteiger partial charge is 0.394 e. The molecule has 4 N–H and O–H groups in total. The molecule has 0 aliphatic carbocycles. The van der Waals surface area contributed by atoms with Gasteiger partial charge in [0, 0.05) is 0 Å². The van der Waals surface area contributed by atoms with Crippen LogP contribution in [0, 0.1) is 6.92 Å². The van der Waals surface area contributed by atoms with Crippen LogP contribution in [0.15, 0.2) is 14.1 Å². The van der Waals surface area contributed by atoms with Gasteiger partial charge in [0.15, 0.2) is 0 Å². The van der Waals surface area contributed by atoms with Crippen molar-refractivity contribution in [1.29, 1.82) is 0 Å². The number of nitrogens with one attached hydrogen (secondary N) is 1. The van der Waals surface area contributed by atoms with E-state index in [1.165, 1.54) is 6.07 Å². The van der Waals surface area contributed by atoms with E-state index in [4.69, 9.17) is 15.3 Å². The maximum Gasteiger partial charge on any atom is 0.250 e. The van der Waals surface area contributed by atoms with Gasteiger partial charge in [0.2, 0.25) is 0 Å². The highest BCUT2D eigenvalue weighted by atomic mass is 79.9. The summed E-state index contributed by atoms with van der Waals surface area (Å²) in [5.74, 6) is 0. The van der Waals surface area contributed by atoms with Gasteiger partial charge in [-0.15, -0.1) is 11.3 Å². The van der Waals surface area contributed by atoms with Crippen molar-refractivity contribution >= 4 is 37.3 Å². The summed E-state index contributed by atoms with van der Waals surface area (Å²) >= 11 is 4.23. The molecular weight excluding hydrogens is 346 g/mol. The second kappa shape index (κ2) is 5.95. The molecule has 0 saturated carbocycles. The third-order valence-corrected chi connectivity index (χ3v) is 6.55. The number of aliphatic hydroxyl groups excluding tert-OH is 3. The smallest absolute Gasteiger partial charge is 0.250 e. The Kier molecular flexibility index (Phi) is 5.30. The number of rotatable bonds is 6. The van der Waals surface area contributed by atoms with E-state index in [-0.39, 0.29) is 4.21 Å². The van der Waals surface area contributed by atoms with Gasteiger partial charge in [-0.2, -0.15) is 4.72 Å². The summed E-state index contributed by atoms with van der Waals surface area (Å²) in [5.41, 5.74) is -0.897. The average Bonchev–Trinajstić information content (AvgIpc) is 2.68. The number of hydrogen-bond acceptors (Lipinski definition) is 6. The molecule has 0 saturated heterocycles. The summed E-state index contributed by atoms with van der Waals surface area (Å²) in [6, 6.07) is 1.47. The molecule has 1 aromatic rings. The molecule has 0 spiro atoms. The van der Waals surface area contributed by atoms with Gasteiger partial charge < -0.3 is 15.3 Å². The SMILES string of the molecule is Cc1cc(S(=O)(=O)NC(CO)(CO)CO)sc1Br. The van der Waals surface area contributed by atoms with E-state index in [0.29, 0.717) is 3.79 Å². The first-order valence-corrected chi connectivity index (χ1v) is 8.02. The monoisotopic (exact) mass is 359 g/mol. The van der Waals surface area contributed by atoms with Gasteiger partial charge in [-0.25, -0.2) is 8.42 Å². The zero-order chi connectivity index (χ0) is 14.0. The molecule has 0 aliphatic rings. The standard InChI is InChI=1S/C9H14BrNO5S2/c1-6-2-7(17-8(6)10)18(15,16)11-9(3-12,4-13)5-14/h2,11-14H,3-5H2,1H3. The molecule has 1 heterocycles. The van der Waals surface area contributed by atoms with E-state index in [0.717, 1.165) is 16.9 Å². The summed E-state index contributed by atoms with van der Waals surface area (Å²) in [5, 5.41) is 27.3. The van der Waals surface area contributed by atoms with Crippen molar-refractivity contribution < 1.29 is 23.7 Å². The summed E-state index contributed by atoms with van der Waals surface area (Å²) < 4.78 is 26.9. The average molecular weight is 360 g/mol. The Morgan fingerprint density at radius 1 is 1.33 bits per heavy atom. The minimum Gasteiger partial charge on any atom is -0.394 e. The highest BCUT2D eigenvalue weighted by Gasteiger charge is 2.34. The van der Waals surface area contributed by atoms with E-state index in [1.54, 1.807) is 6.92 Å². The Morgan fingerprint density at radius 2 is 1.83 bits per heavy atom. The van der Waals surface area contributed by atoms with Crippen molar-refractivity contribution in [3.8, 4) is 0 Å². The van der Waals surface area contributed by atoms with Crippen molar-refractivity contribution in [1.82, 2.24) is 4.72 Å². The number of thiophene rings is 1. The predicted molar refractivity (Wildman–Crippen MR) is 71.1 cm³/mol. The van der Waals surface area contributed by atoms with Gasteiger partial charge in [-0.05, 0) is 34.5 Å². The quantitative estimate of drug-likeness (QED) is 0.563. The Hall–Kier alpha value is -0.0300. The molecule has 104 valence electrons. The van der Waals surface area contributed by atoms with Crippen LogP contribution < -0.4 is 4.72 Å². The van der Waals surface area contributed by atoms with Gasteiger partial charge in [0.25, 0.3) is 10.0 Å². The molecule has 0 radical (unpaired) electrons. The summed E-state index contributed by atoms with van der Waals surface area (Å²) in [7, 11) is -3.90. The van der Waals surface area contributed by atoms with Crippen LogP contribution in [0.4, 0.5) is 0 Å². The van der Waals surface area contributed by atoms with Crippen LogP contribution in [0.5, 0.6) is 0 Å². The Morgan fingerprint density at radius 3 is 2.17 bits per heavy atom. The maximum atomic E-state index is 12.0. The van der Waals surface area contributed by atoms with Crippen molar-refractivity contribution in [2.45, 2.75) is 16.7 Å². The van der Waals surface area contributed by atoms with Crippen LogP contribution in [-0.2, 0) is 10.0 Å². The molecule has 0 atom stereocenters. The number of halogens is 1. The summed E-state index contributed by atoms with van der Waals surface area (Å²) in [6.45, 7) is -0.364. The molecule has 1 aromatic heterocycles. The van der Waals surface area contributed by atoms with Crippen LogP contribution in [-0.4, -0.2) is 49.1 Å². The van der Waals surface area contributed by atoms with Crippen LogP contribution in [0.1, 0.15) is 5.56 Å². The molecule has 0 unspecified atom stereocenters. The van der Waals surface area contributed by atoms with E-state index < -0.39 is 35.4 Å². The fraction of sp³-hybridized carbons (Fsp3) is 0.556. The topological polar surface area (TPSA) is 107 Å². The molecular formula is C9H14BrNO5S2. The zero-order valence-electron chi connectivity index (χ0n) is 9.55. The van der Waals surface area contributed by atoms with Gasteiger partial charge in [-0.1, -0.05) is 0 Å². The van der Waals surface area contributed by atoms with E-state index in [1.807, 2.05) is 0 Å². The fourth-order valence-corrected chi connectivity index (χ4v) is 4.75.